The number of hydrogen-bond acceptors (Lipinski definition) is 2. The molecule has 0 spiro atoms. The van der Waals surface area contributed by atoms with Crippen LogP contribution in [0.1, 0.15) is 19.4 Å². The molecule has 0 aliphatic carbocycles. The van der Waals surface area contributed by atoms with Crippen molar-refractivity contribution in [1.82, 2.24) is 0 Å². The maximum atomic E-state index is 6.02. The van der Waals surface area contributed by atoms with E-state index in [2.05, 4.69) is 43.5 Å². The van der Waals surface area contributed by atoms with Gasteiger partial charge in [-0.3, -0.25) is 0 Å². The summed E-state index contributed by atoms with van der Waals surface area (Å²) in [6.45, 7) is 4.14. The van der Waals surface area contributed by atoms with Gasteiger partial charge in [-0.1, -0.05) is 18.2 Å². The molecule has 0 saturated carbocycles. The standard InChI is InChI=1S/C12H15NS/c1-12(2,13)7-9-8-14-11-6-4-3-5-10(9)11/h3-6,8H,7,13H2,1-2H3. The topological polar surface area (TPSA) is 26.0 Å². The molecule has 0 amide bonds. The molecule has 0 atom stereocenters. The second-order valence-corrected chi connectivity index (χ2v) is 5.33. The number of hydrogen-bond donors (Lipinski definition) is 1. The van der Waals surface area contributed by atoms with Crippen molar-refractivity contribution in [3.63, 3.8) is 0 Å². The van der Waals surface area contributed by atoms with Crippen molar-refractivity contribution >= 4 is 21.4 Å². The zero-order chi connectivity index (χ0) is 10.2. The van der Waals surface area contributed by atoms with E-state index in [1.54, 1.807) is 11.3 Å². The predicted molar refractivity (Wildman–Crippen MR) is 63.8 cm³/mol. The second kappa shape index (κ2) is 3.37. The van der Waals surface area contributed by atoms with Crippen molar-refractivity contribution < 1.29 is 0 Å². The summed E-state index contributed by atoms with van der Waals surface area (Å²) in [4.78, 5) is 0. The zero-order valence-corrected chi connectivity index (χ0v) is 9.40. The van der Waals surface area contributed by atoms with Crippen molar-refractivity contribution in [1.29, 1.82) is 0 Å². The molecule has 0 saturated heterocycles. The summed E-state index contributed by atoms with van der Waals surface area (Å²) in [6.07, 6.45) is 0.941. The Morgan fingerprint density at radius 2 is 2.00 bits per heavy atom. The summed E-state index contributed by atoms with van der Waals surface area (Å²) in [5.74, 6) is 0. The average molecular weight is 205 g/mol. The lowest BCUT2D eigenvalue weighted by Crippen LogP contribution is -2.34. The normalized spacial score (nSPS) is 12.2. The highest BCUT2D eigenvalue weighted by molar-refractivity contribution is 7.17. The first-order chi connectivity index (χ1) is 6.56. The minimum Gasteiger partial charge on any atom is -0.325 e. The SMILES string of the molecule is CC(C)(N)Cc1csc2ccccc12. The van der Waals surface area contributed by atoms with Gasteiger partial charge in [-0.25, -0.2) is 0 Å². The first-order valence-corrected chi connectivity index (χ1v) is 5.68. The van der Waals surface area contributed by atoms with E-state index in [4.69, 9.17) is 5.73 Å². The van der Waals surface area contributed by atoms with Crippen LogP contribution in [0.3, 0.4) is 0 Å². The number of fused-ring (bicyclic) bond motifs is 1. The summed E-state index contributed by atoms with van der Waals surface area (Å²) in [5, 5.41) is 3.58. The lowest BCUT2D eigenvalue weighted by atomic mass is 9.96. The van der Waals surface area contributed by atoms with Gasteiger partial charge in [0.05, 0.1) is 0 Å². The van der Waals surface area contributed by atoms with Gasteiger partial charge in [0.25, 0.3) is 0 Å². The Balaban J connectivity index is 2.44. The highest BCUT2D eigenvalue weighted by Crippen LogP contribution is 2.27. The molecule has 2 heteroatoms. The lowest BCUT2D eigenvalue weighted by molar-refractivity contribution is 0.519. The van der Waals surface area contributed by atoms with Crippen LogP contribution in [-0.2, 0) is 6.42 Å². The van der Waals surface area contributed by atoms with Gasteiger partial charge in [-0.15, -0.1) is 11.3 Å². The molecule has 1 nitrogen and oxygen atoms in total. The lowest BCUT2D eigenvalue weighted by Gasteiger charge is -2.17. The monoisotopic (exact) mass is 205 g/mol. The largest absolute Gasteiger partial charge is 0.325 e. The third kappa shape index (κ3) is 1.97. The molecule has 0 aliphatic heterocycles. The van der Waals surface area contributed by atoms with E-state index >= 15 is 0 Å². The molecule has 0 fully saturated rings. The van der Waals surface area contributed by atoms with Crippen molar-refractivity contribution in [2.75, 3.05) is 0 Å². The molecule has 0 bridgehead atoms. The zero-order valence-electron chi connectivity index (χ0n) is 8.58. The second-order valence-electron chi connectivity index (χ2n) is 4.42. The van der Waals surface area contributed by atoms with Crippen LogP contribution in [0.15, 0.2) is 29.6 Å². The van der Waals surface area contributed by atoms with Crippen LogP contribution in [0.5, 0.6) is 0 Å². The fourth-order valence-electron chi connectivity index (χ4n) is 1.66. The number of nitrogens with two attached hydrogens (primary N) is 1. The minimum atomic E-state index is -0.121. The van der Waals surface area contributed by atoms with Crippen LogP contribution in [0, 0.1) is 0 Å². The quantitative estimate of drug-likeness (QED) is 0.800. The van der Waals surface area contributed by atoms with Gasteiger partial charge in [0, 0.05) is 10.2 Å². The van der Waals surface area contributed by atoms with Crippen LogP contribution in [-0.4, -0.2) is 5.54 Å². The average Bonchev–Trinajstić information content (AvgIpc) is 2.47. The third-order valence-corrected chi connectivity index (χ3v) is 3.22. The Labute approximate surface area is 88.6 Å². The maximum absolute atomic E-state index is 6.02. The molecule has 0 aliphatic rings. The highest BCUT2D eigenvalue weighted by Gasteiger charge is 2.14. The Morgan fingerprint density at radius 3 is 2.71 bits per heavy atom. The van der Waals surface area contributed by atoms with Crippen LogP contribution in [0.2, 0.25) is 0 Å². The molecule has 2 aromatic rings. The van der Waals surface area contributed by atoms with E-state index < -0.39 is 0 Å². The summed E-state index contributed by atoms with van der Waals surface area (Å²) in [6, 6.07) is 8.50. The van der Waals surface area contributed by atoms with Gasteiger partial charge in [0.15, 0.2) is 0 Å². The van der Waals surface area contributed by atoms with Crippen LogP contribution in [0.4, 0.5) is 0 Å². The van der Waals surface area contributed by atoms with Crippen LogP contribution >= 0.6 is 11.3 Å². The fraction of sp³-hybridized carbons (Fsp3) is 0.333. The van der Waals surface area contributed by atoms with Crippen molar-refractivity contribution in [3.8, 4) is 0 Å². The number of rotatable bonds is 2. The molecule has 0 radical (unpaired) electrons. The first kappa shape index (κ1) is 9.69. The van der Waals surface area contributed by atoms with Crippen molar-refractivity contribution in [2.24, 2.45) is 5.73 Å². The van der Waals surface area contributed by atoms with E-state index in [-0.39, 0.29) is 5.54 Å². The van der Waals surface area contributed by atoms with Crippen LogP contribution < -0.4 is 5.73 Å². The van der Waals surface area contributed by atoms with E-state index in [0.29, 0.717) is 0 Å². The molecular formula is C12H15NS. The fourth-order valence-corrected chi connectivity index (χ4v) is 2.62. The predicted octanol–water partition coefficient (Wildman–Crippen LogP) is 3.18. The third-order valence-electron chi connectivity index (χ3n) is 2.21. The highest BCUT2D eigenvalue weighted by atomic mass is 32.1. The van der Waals surface area contributed by atoms with Gasteiger partial charge in [-0.05, 0) is 42.7 Å². The summed E-state index contributed by atoms with van der Waals surface area (Å²) < 4.78 is 1.35. The Morgan fingerprint density at radius 1 is 1.29 bits per heavy atom. The Bertz CT molecular complexity index is 437. The van der Waals surface area contributed by atoms with E-state index in [1.807, 2.05) is 0 Å². The van der Waals surface area contributed by atoms with Gasteiger partial charge < -0.3 is 5.73 Å². The molecule has 0 unspecified atom stereocenters. The van der Waals surface area contributed by atoms with Gasteiger partial charge in [-0.2, -0.15) is 0 Å². The van der Waals surface area contributed by atoms with Crippen LogP contribution in [0.25, 0.3) is 10.1 Å². The number of benzene rings is 1. The van der Waals surface area contributed by atoms with Crippen molar-refractivity contribution in [2.45, 2.75) is 25.8 Å². The molecule has 1 aromatic carbocycles. The maximum Gasteiger partial charge on any atom is 0.0345 e. The molecule has 2 rings (SSSR count). The van der Waals surface area contributed by atoms with Gasteiger partial charge in [0.1, 0.15) is 0 Å². The van der Waals surface area contributed by atoms with E-state index in [1.165, 1.54) is 15.6 Å². The van der Waals surface area contributed by atoms with E-state index in [9.17, 15) is 0 Å². The first-order valence-electron chi connectivity index (χ1n) is 4.80. The van der Waals surface area contributed by atoms with Gasteiger partial charge in [0.2, 0.25) is 0 Å². The molecule has 1 heterocycles. The minimum absolute atomic E-state index is 0.121. The summed E-state index contributed by atoms with van der Waals surface area (Å²) in [5.41, 5.74) is 7.27. The smallest absolute Gasteiger partial charge is 0.0345 e. The Hall–Kier alpha value is -0.860. The number of thiophene rings is 1. The van der Waals surface area contributed by atoms with Crippen molar-refractivity contribution in [3.05, 3.63) is 35.2 Å². The molecule has 14 heavy (non-hydrogen) atoms. The summed E-state index contributed by atoms with van der Waals surface area (Å²) in [7, 11) is 0. The molecule has 2 N–H and O–H groups in total. The molecular weight excluding hydrogens is 190 g/mol. The Kier molecular flexibility index (Phi) is 2.33. The summed E-state index contributed by atoms with van der Waals surface area (Å²) >= 11 is 1.80. The molecule has 1 aromatic heterocycles. The van der Waals surface area contributed by atoms with Gasteiger partial charge >= 0.3 is 0 Å². The molecule has 74 valence electrons. The van der Waals surface area contributed by atoms with E-state index in [0.717, 1.165) is 6.42 Å².